The Morgan fingerprint density at radius 1 is 1.38 bits per heavy atom. The molecule has 0 N–H and O–H groups in total. The van der Waals surface area contributed by atoms with E-state index in [9.17, 15) is 4.79 Å². The molecule has 1 atom stereocenters. The largest absolute Gasteiger partial charge is 0.381 e. The summed E-state index contributed by atoms with van der Waals surface area (Å²) in [7, 11) is 0. The highest BCUT2D eigenvalue weighted by molar-refractivity contribution is 5.79. The number of piperazine rings is 1. The maximum atomic E-state index is 12.3. The van der Waals surface area contributed by atoms with Crippen molar-refractivity contribution < 1.29 is 9.53 Å². The van der Waals surface area contributed by atoms with Gasteiger partial charge < -0.3 is 14.5 Å². The highest BCUT2D eigenvalue weighted by Gasteiger charge is 2.30. The summed E-state index contributed by atoms with van der Waals surface area (Å²) in [5.41, 5.74) is 0.585. The van der Waals surface area contributed by atoms with E-state index in [0.29, 0.717) is 45.0 Å². The van der Waals surface area contributed by atoms with Gasteiger partial charge in [-0.1, -0.05) is 0 Å². The monoisotopic (exact) mass is 286 g/mol. The molecule has 0 bridgehead atoms. The lowest BCUT2D eigenvalue weighted by Crippen LogP contribution is -2.50. The number of aromatic nitrogens is 1. The normalized spacial score (nSPS) is 22.1. The maximum Gasteiger partial charge on any atom is 0.228 e. The highest BCUT2D eigenvalue weighted by Crippen LogP contribution is 2.20. The lowest BCUT2D eigenvalue weighted by molar-refractivity contribution is -0.135. The Hall–Kier alpha value is -2.13. The molecule has 0 aromatic carbocycles. The maximum absolute atomic E-state index is 12.3. The summed E-state index contributed by atoms with van der Waals surface area (Å²) >= 11 is 0. The van der Waals surface area contributed by atoms with E-state index < -0.39 is 0 Å². The summed E-state index contributed by atoms with van der Waals surface area (Å²) in [5.74, 6) is 0.950. The van der Waals surface area contributed by atoms with Gasteiger partial charge in [0.1, 0.15) is 11.9 Å². The van der Waals surface area contributed by atoms with Crippen LogP contribution in [0.1, 0.15) is 12.0 Å². The molecule has 2 aliphatic rings. The van der Waals surface area contributed by atoms with Gasteiger partial charge in [-0.2, -0.15) is 5.26 Å². The van der Waals surface area contributed by atoms with Crippen molar-refractivity contribution in [2.24, 2.45) is 5.92 Å². The predicted octanol–water partition coefficient (Wildman–Crippen LogP) is 0.638. The number of carbonyl (C=O) groups excluding carboxylic acids is 1. The summed E-state index contributed by atoms with van der Waals surface area (Å²) < 4.78 is 5.29. The van der Waals surface area contributed by atoms with Crippen LogP contribution < -0.4 is 4.90 Å². The van der Waals surface area contributed by atoms with E-state index >= 15 is 0 Å². The molecular formula is C15H18N4O2. The Balaban J connectivity index is 1.62. The minimum absolute atomic E-state index is 0.0288. The predicted molar refractivity (Wildman–Crippen MR) is 76.7 cm³/mol. The highest BCUT2D eigenvalue weighted by atomic mass is 16.5. The fourth-order valence-electron chi connectivity index (χ4n) is 2.86. The van der Waals surface area contributed by atoms with Gasteiger partial charge in [0, 0.05) is 39.0 Å². The van der Waals surface area contributed by atoms with Gasteiger partial charge in [-0.3, -0.25) is 4.79 Å². The van der Waals surface area contributed by atoms with Crippen molar-refractivity contribution in [2.45, 2.75) is 6.42 Å². The second-order valence-electron chi connectivity index (χ2n) is 5.36. The Morgan fingerprint density at radius 2 is 2.19 bits per heavy atom. The molecule has 0 radical (unpaired) electrons. The van der Waals surface area contributed by atoms with Crippen LogP contribution in [-0.4, -0.2) is 55.2 Å². The molecule has 1 aromatic heterocycles. The van der Waals surface area contributed by atoms with Gasteiger partial charge in [-0.05, 0) is 18.6 Å². The molecule has 21 heavy (non-hydrogen) atoms. The Bertz CT molecular complexity index is 555. The second-order valence-corrected chi connectivity index (χ2v) is 5.36. The number of anilines is 1. The van der Waals surface area contributed by atoms with Crippen LogP contribution in [0, 0.1) is 17.2 Å². The van der Waals surface area contributed by atoms with E-state index in [1.807, 2.05) is 4.90 Å². The van der Waals surface area contributed by atoms with Crippen molar-refractivity contribution in [3.63, 3.8) is 0 Å². The van der Waals surface area contributed by atoms with Gasteiger partial charge >= 0.3 is 0 Å². The zero-order chi connectivity index (χ0) is 14.7. The summed E-state index contributed by atoms with van der Waals surface area (Å²) in [5, 5.41) is 9.14. The SMILES string of the molecule is N#Cc1cccnc1N1CCN(C(=O)[C@@H]2CCOC2)CC1. The first-order valence-electron chi connectivity index (χ1n) is 7.26. The number of carbonyl (C=O) groups is 1. The van der Waals surface area contributed by atoms with Crippen LogP contribution in [0.5, 0.6) is 0 Å². The van der Waals surface area contributed by atoms with Crippen LogP contribution in [0.15, 0.2) is 18.3 Å². The van der Waals surface area contributed by atoms with E-state index in [2.05, 4.69) is 16.0 Å². The van der Waals surface area contributed by atoms with E-state index in [1.165, 1.54) is 0 Å². The Kier molecular flexibility index (Phi) is 4.02. The van der Waals surface area contributed by atoms with Crippen molar-refractivity contribution in [3.05, 3.63) is 23.9 Å². The molecule has 2 fully saturated rings. The average Bonchev–Trinajstić information content (AvgIpc) is 3.09. The van der Waals surface area contributed by atoms with Crippen molar-refractivity contribution in [3.8, 4) is 6.07 Å². The Morgan fingerprint density at radius 3 is 2.86 bits per heavy atom. The molecule has 3 heterocycles. The minimum atomic E-state index is 0.0288. The van der Waals surface area contributed by atoms with Gasteiger partial charge in [0.2, 0.25) is 5.91 Å². The molecule has 0 unspecified atom stereocenters. The van der Waals surface area contributed by atoms with Gasteiger partial charge in [0.05, 0.1) is 18.1 Å². The third-order valence-electron chi connectivity index (χ3n) is 4.08. The third-order valence-corrected chi connectivity index (χ3v) is 4.08. The molecule has 110 valence electrons. The summed E-state index contributed by atoms with van der Waals surface area (Å²) in [4.78, 5) is 20.6. The minimum Gasteiger partial charge on any atom is -0.381 e. The van der Waals surface area contributed by atoms with Crippen LogP contribution in [0.25, 0.3) is 0 Å². The van der Waals surface area contributed by atoms with Crippen molar-refractivity contribution in [1.29, 1.82) is 5.26 Å². The topological polar surface area (TPSA) is 69.5 Å². The van der Waals surface area contributed by atoms with Crippen molar-refractivity contribution in [2.75, 3.05) is 44.3 Å². The average molecular weight is 286 g/mol. The molecule has 1 amide bonds. The molecule has 2 aliphatic heterocycles. The summed E-state index contributed by atoms with van der Waals surface area (Å²) in [6, 6.07) is 5.71. The molecule has 6 heteroatoms. The summed E-state index contributed by atoms with van der Waals surface area (Å²) in [6.45, 7) is 4.03. The number of amides is 1. The van der Waals surface area contributed by atoms with E-state index in [4.69, 9.17) is 10.00 Å². The van der Waals surface area contributed by atoms with Gasteiger partial charge in [0.25, 0.3) is 0 Å². The molecule has 6 nitrogen and oxygen atoms in total. The fourth-order valence-corrected chi connectivity index (χ4v) is 2.86. The van der Waals surface area contributed by atoms with Crippen LogP contribution in [0.3, 0.4) is 0 Å². The molecule has 2 saturated heterocycles. The van der Waals surface area contributed by atoms with Crippen LogP contribution in [0.4, 0.5) is 5.82 Å². The third kappa shape index (κ3) is 2.83. The number of nitriles is 1. The number of ether oxygens (including phenoxy) is 1. The quantitative estimate of drug-likeness (QED) is 0.798. The first kappa shape index (κ1) is 13.8. The van der Waals surface area contributed by atoms with Gasteiger partial charge in [-0.15, -0.1) is 0 Å². The molecule has 0 spiro atoms. The number of rotatable bonds is 2. The number of hydrogen-bond acceptors (Lipinski definition) is 5. The van der Waals surface area contributed by atoms with Crippen molar-refractivity contribution in [1.82, 2.24) is 9.88 Å². The Labute approximate surface area is 123 Å². The fraction of sp³-hybridized carbons (Fsp3) is 0.533. The van der Waals surface area contributed by atoms with Crippen molar-refractivity contribution >= 4 is 11.7 Å². The van der Waals surface area contributed by atoms with Gasteiger partial charge in [-0.25, -0.2) is 4.98 Å². The first-order valence-corrected chi connectivity index (χ1v) is 7.26. The van der Waals surface area contributed by atoms with E-state index in [0.717, 1.165) is 12.2 Å². The molecule has 0 saturated carbocycles. The standard InChI is InChI=1S/C15H18N4O2/c16-10-12-2-1-4-17-14(12)18-5-7-19(8-6-18)15(20)13-3-9-21-11-13/h1-2,4,13H,3,5-9,11H2/t13-/m1/s1. The van der Waals surface area contributed by atoms with E-state index in [-0.39, 0.29) is 11.8 Å². The van der Waals surface area contributed by atoms with Crippen LogP contribution in [0.2, 0.25) is 0 Å². The second kappa shape index (κ2) is 6.10. The zero-order valence-electron chi connectivity index (χ0n) is 11.9. The first-order chi connectivity index (χ1) is 10.3. The van der Waals surface area contributed by atoms with E-state index in [1.54, 1.807) is 18.3 Å². The number of nitrogens with zero attached hydrogens (tertiary/aromatic N) is 4. The molecule has 0 aliphatic carbocycles. The van der Waals surface area contributed by atoms with Gasteiger partial charge in [0.15, 0.2) is 0 Å². The summed E-state index contributed by atoms with van der Waals surface area (Å²) in [6.07, 6.45) is 2.53. The smallest absolute Gasteiger partial charge is 0.228 e. The molecular weight excluding hydrogens is 268 g/mol. The van der Waals surface area contributed by atoms with Crippen LogP contribution in [-0.2, 0) is 9.53 Å². The molecule has 3 rings (SSSR count). The van der Waals surface area contributed by atoms with Crippen LogP contribution >= 0.6 is 0 Å². The number of pyridine rings is 1. The molecule has 1 aromatic rings. The number of hydrogen-bond donors (Lipinski definition) is 0. The lowest BCUT2D eigenvalue weighted by atomic mass is 10.1. The lowest BCUT2D eigenvalue weighted by Gasteiger charge is -2.36. The zero-order valence-corrected chi connectivity index (χ0v) is 11.9.